The van der Waals surface area contributed by atoms with E-state index in [1.54, 1.807) is 0 Å². The molecule has 2 fully saturated rings. The number of aromatic nitrogens is 2. The SMILES string of the molecule is NC(=O)c1ncn(C2O[C@H](C(O)P(=O)(O)O)[C@@H](O)[C@H]2O)c1NC=NC1O[C@H](C(O)P(=O)(O)O)[C@@H](O)[C@H]1O. The van der Waals surface area contributed by atoms with E-state index < -0.39 is 87.6 Å². The highest BCUT2D eigenvalue weighted by molar-refractivity contribution is 7.52. The summed E-state index contributed by atoms with van der Waals surface area (Å²) in [5.74, 6) is -6.47. The lowest BCUT2D eigenvalue weighted by Crippen LogP contribution is -2.38. The Bertz CT molecular complexity index is 1120. The van der Waals surface area contributed by atoms with Crippen molar-refractivity contribution in [1.29, 1.82) is 0 Å². The first-order valence-electron chi connectivity index (χ1n) is 10.1. The van der Waals surface area contributed by atoms with Crippen molar-refractivity contribution in [2.45, 2.75) is 60.8 Å². The standard InChI is InChI=1S/C15H25N5O15P2/c16-10(25)3-11(17-1-18-12-6(23)4(21)8(34-12)14(26)36(28,29)30)20(2-19-3)13-7(24)5(22)9(35-13)15(27)37(31,32)33/h1-2,4-9,12-15,21-24,26-27H,(H2,16,25)(H,17,18)(H2,28,29,30)(H2,31,32,33)/t4-,5-,6+,7+,8-,9-,12?,13?,14?,15?/m0/s1. The normalized spacial score (nSPS) is 34.6. The zero-order chi connectivity index (χ0) is 28.0. The highest BCUT2D eigenvalue weighted by Crippen LogP contribution is 2.47. The van der Waals surface area contributed by atoms with Crippen LogP contribution in [0.25, 0.3) is 0 Å². The van der Waals surface area contributed by atoms with Crippen LogP contribution in [0.15, 0.2) is 11.3 Å². The number of nitrogens with two attached hydrogens (primary N) is 1. The van der Waals surface area contributed by atoms with Gasteiger partial charge in [-0.2, -0.15) is 0 Å². The van der Waals surface area contributed by atoms with Crippen LogP contribution in [0.4, 0.5) is 5.82 Å². The van der Waals surface area contributed by atoms with Gasteiger partial charge in [0.25, 0.3) is 5.91 Å². The van der Waals surface area contributed by atoms with Gasteiger partial charge in [0.15, 0.2) is 29.8 Å². The molecule has 210 valence electrons. The van der Waals surface area contributed by atoms with Crippen LogP contribution in [0.3, 0.4) is 0 Å². The fraction of sp³-hybridized carbons (Fsp3) is 0.667. The quantitative estimate of drug-likeness (QED) is 0.0739. The lowest BCUT2D eigenvalue weighted by molar-refractivity contribution is -0.0669. The van der Waals surface area contributed by atoms with Gasteiger partial charge in [-0.15, -0.1) is 0 Å². The number of nitrogens with zero attached hydrogens (tertiary/aromatic N) is 3. The number of carbonyl (C=O) groups excluding carboxylic acids is 1. The molecule has 1 amide bonds. The van der Waals surface area contributed by atoms with E-state index in [4.69, 9.17) is 34.8 Å². The summed E-state index contributed by atoms with van der Waals surface area (Å²) in [5.41, 5.74) is 4.77. The van der Waals surface area contributed by atoms with Crippen LogP contribution in [-0.4, -0.2) is 127 Å². The first-order chi connectivity index (χ1) is 17.0. The third kappa shape index (κ3) is 5.92. The molecule has 22 heteroatoms. The maximum atomic E-state index is 11.8. The molecule has 0 bridgehead atoms. The van der Waals surface area contributed by atoms with Gasteiger partial charge >= 0.3 is 15.2 Å². The maximum Gasteiger partial charge on any atom is 0.356 e. The fourth-order valence-electron chi connectivity index (χ4n) is 3.65. The first kappa shape index (κ1) is 29.7. The Kier molecular flexibility index (Phi) is 8.60. The van der Waals surface area contributed by atoms with Gasteiger partial charge in [0.2, 0.25) is 0 Å². The van der Waals surface area contributed by atoms with Crippen LogP contribution in [0.2, 0.25) is 0 Å². The molecule has 0 spiro atoms. The summed E-state index contributed by atoms with van der Waals surface area (Å²) in [4.78, 5) is 55.7. The van der Waals surface area contributed by atoms with E-state index >= 15 is 0 Å². The monoisotopic (exact) mass is 577 g/mol. The molecule has 3 rings (SSSR count). The van der Waals surface area contributed by atoms with Gasteiger partial charge in [-0.25, -0.2) is 9.98 Å². The zero-order valence-electron chi connectivity index (χ0n) is 18.3. The number of hydrogen-bond acceptors (Lipinski definition) is 13. The van der Waals surface area contributed by atoms with Crippen LogP contribution in [0.1, 0.15) is 16.7 Å². The number of ether oxygens (including phenoxy) is 2. The van der Waals surface area contributed by atoms with Crippen LogP contribution < -0.4 is 11.1 Å². The van der Waals surface area contributed by atoms with E-state index in [1.807, 2.05) is 0 Å². The zero-order valence-corrected chi connectivity index (χ0v) is 20.0. The van der Waals surface area contributed by atoms with Crippen LogP contribution in [-0.2, 0) is 18.6 Å². The Morgan fingerprint density at radius 2 is 1.51 bits per heavy atom. The summed E-state index contributed by atoms with van der Waals surface area (Å²) in [6, 6.07) is 0. The number of aliphatic hydroxyl groups is 6. The van der Waals surface area contributed by atoms with Gasteiger partial charge in [-0.3, -0.25) is 18.5 Å². The molecule has 13 N–H and O–H groups in total. The van der Waals surface area contributed by atoms with E-state index in [0.29, 0.717) is 0 Å². The largest absolute Gasteiger partial charge is 0.387 e. The molecule has 4 unspecified atom stereocenters. The number of hydrogen-bond donors (Lipinski definition) is 12. The maximum absolute atomic E-state index is 11.8. The third-order valence-electron chi connectivity index (χ3n) is 5.55. The molecule has 0 saturated carbocycles. The molecule has 0 aliphatic carbocycles. The van der Waals surface area contributed by atoms with Crippen LogP contribution in [0.5, 0.6) is 0 Å². The minimum Gasteiger partial charge on any atom is -0.387 e. The van der Waals surface area contributed by atoms with Crippen molar-refractivity contribution in [2.75, 3.05) is 5.32 Å². The molecule has 2 aliphatic heterocycles. The summed E-state index contributed by atoms with van der Waals surface area (Å²) < 4.78 is 33.7. The summed E-state index contributed by atoms with van der Waals surface area (Å²) in [5, 5.41) is 62.3. The summed E-state index contributed by atoms with van der Waals surface area (Å²) in [6.45, 7) is 0. The number of carbonyl (C=O) groups is 1. The number of anilines is 1. The van der Waals surface area contributed by atoms with E-state index in [-0.39, 0.29) is 5.82 Å². The van der Waals surface area contributed by atoms with Gasteiger partial charge in [-0.05, 0) is 0 Å². The van der Waals surface area contributed by atoms with Gasteiger partial charge < -0.3 is 70.7 Å². The molecular weight excluding hydrogens is 552 g/mol. The topological polar surface area (TPSA) is 340 Å². The number of aliphatic imine (C=N–C) groups is 1. The highest BCUT2D eigenvalue weighted by Gasteiger charge is 2.52. The minimum atomic E-state index is -5.18. The molecule has 0 radical (unpaired) electrons. The van der Waals surface area contributed by atoms with E-state index in [9.17, 15) is 44.6 Å². The molecule has 1 aromatic rings. The predicted octanol–water partition coefficient (Wildman–Crippen LogP) is -5.52. The molecule has 1 aromatic heterocycles. The summed E-state index contributed by atoms with van der Waals surface area (Å²) in [7, 11) is -10.3. The Labute approximate surface area is 205 Å². The second-order valence-electron chi connectivity index (χ2n) is 8.09. The predicted molar refractivity (Wildman–Crippen MR) is 116 cm³/mol. The second-order valence-corrected chi connectivity index (χ2v) is 11.5. The number of nitrogens with one attached hydrogen (secondary N) is 1. The van der Waals surface area contributed by atoms with Gasteiger partial charge in [-0.1, -0.05) is 0 Å². The van der Waals surface area contributed by atoms with E-state index in [0.717, 1.165) is 17.2 Å². The summed E-state index contributed by atoms with van der Waals surface area (Å²) in [6.07, 6.45) is -13.2. The lowest BCUT2D eigenvalue weighted by Gasteiger charge is -2.21. The van der Waals surface area contributed by atoms with Crippen molar-refractivity contribution < 1.29 is 73.6 Å². The van der Waals surface area contributed by atoms with Gasteiger partial charge in [0.05, 0.1) is 12.7 Å². The molecule has 2 aliphatic rings. The van der Waals surface area contributed by atoms with Gasteiger partial charge in [0, 0.05) is 0 Å². The van der Waals surface area contributed by atoms with E-state index in [1.165, 1.54) is 0 Å². The number of imidazole rings is 1. The average Bonchev–Trinajstić information content (AvgIpc) is 3.42. The van der Waals surface area contributed by atoms with Crippen molar-refractivity contribution in [2.24, 2.45) is 10.7 Å². The number of rotatable bonds is 9. The minimum absolute atomic E-state index is 0.362. The highest BCUT2D eigenvalue weighted by atomic mass is 31.2. The Balaban J connectivity index is 1.83. The van der Waals surface area contributed by atoms with Crippen molar-refractivity contribution in [1.82, 2.24) is 9.55 Å². The molecule has 0 aromatic carbocycles. The average molecular weight is 577 g/mol. The van der Waals surface area contributed by atoms with Crippen molar-refractivity contribution in [3.63, 3.8) is 0 Å². The Hall–Kier alpha value is -1.87. The smallest absolute Gasteiger partial charge is 0.356 e. The molecule has 2 saturated heterocycles. The number of amides is 1. The third-order valence-corrected chi connectivity index (χ3v) is 7.52. The molecule has 3 heterocycles. The molecule has 20 nitrogen and oxygen atoms in total. The molecule has 10 atom stereocenters. The van der Waals surface area contributed by atoms with Crippen molar-refractivity contribution in [3.05, 3.63) is 12.0 Å². The Morgan fingerprint density at radius 1 is 1.00 bits per heavy atom. The first-order valence-corrected chi connectivity index (χ1v) is 13.5. The molecule has 37 heavy (non-hydrogen) atoms. The van der Waals surface area contributed by atoms with Crippen molar-refractivity contribution in [3.8, 4) is 0 Å². The number of aliphatic hydroxyl groups excluding tert-OH is 6. The fourth-order valence-corrected chi connectivity index (χ4v) is 4.91. The van der Waals surface area contributed by atoms with Crippen LogP contribution >= 0.6 is 15.2 Å². The molecular formula is C15H25N5O15P2. The Morgan fingerprint density at radius 3 is 2.03 bits per heavy atom. The van der Waals surface area contributed by atoms with Crippen LogP contribution in [0, 0.1) is 0 Å². The number of primary amides is 1. The van der Waals surface area contributed by atoms with E-state index in [2.05, 4.69) is 15.3 Å². The summed E-state index contributed by atoms with van der Waals surface area (Å²) >= 11 is 0. The lowest BCUT2D eigenvalue weighted by atomic mass is 10.1. The van der Waals surface area contributed by atoms with Crippen molar-refractivity contribution >= 4 is 33.3 Å². The second kappa shape index (κ2) is 10.7. The van der Waals surface area contributed by atoms with Gasteiger partial charge in [0.1, 0.15) is 42.4 Å².